The standard InChI is InChI=1S/C14H9ClF3N3/c1-2-11-13(15)10(14(16,17)18)7-12(21-11)20-8-9-5-3-4-6-19-9/h1,3-7H,8H2,(H,20,21). The van der Waals surface area contributed by atoms with E-state index in [9.17, 15) is 13.2 Å². The Morgan fingerprint density at radius 3 is 2.67 bits per heavy atom. The number of halogens is 4. The molecular formula is C14H9ClF3N3. The molecule has 0 atom stereocenters. The van der Waals surface area contributed by atoms with Gasteiger partial charge in [0.15, 0.2) is 0 Å². The van der Waals surface area contributed by atoms with E-state index in [0.29, 0.717) is 5.69 Å². The lowest BCUT2D eigenvalue weighted by Crippen LogP contribution is -2.11. The fraction of sp³-hybridized carbons (Fsp3) is 0.143. The molecule has 7 heteroatoms. The van der Waals surface area contributed by atoms with Crippen LogP contribution in [0.1, 0.15) is 17.0 Å². The number of pyridine rings is 2. The Balaban J connectivity index is 2.30. The SMILES string of the molecule is C#Cc1nc(NCc2ccccn2)cc(C(F)(F)F)c1Cl. The van der Waals surface area contributed by atoms with E-state index in [0.717, 1.165) is 6.07 Å². The molecule has 0 amide bonds. The number of aromatic nitrogens is 2. The normalized spacial score (nSPS) is 11.0. The van der Waals surface area contributed by atoms with E-state index in [1.165, 1.54) is 0 Å². The molecule has 108 valence electrons. The van der Waals surface area contributed by atoms with Crippen LogP contribution in [0.2, 0.25) is 5.02 Å². The second-order valence-corrected chi connectivity index (χ2v) is 4.41. The number of alkyl halides is 3. The van der Waals surface area contributed by atoms with Crippen molar-refractivity contribution in [2.45, 2.75) is 12.7 Å². The molecular weight excluding hydrogens is 303 g/mol. The van der Waals surface area contributed by atoms with Crippen molar-refractivity contribution in [3.63, 3.8) is 0 Å². The number of terminal acetylenes is 1. The number of hydrogen-bond acceptors (Lipinski definition) is 3. The van der Waals surface area contributed by atoms with Gasteiger partial charge in [-0.1, -0.05) is 17.7 Å². The van der Waals surface area contributed by atoms with Gasteiger partial charge >= 0.3 is 6.18 Å². The van der Waals surface area contributed by atoms with Crippen molar-refractivity contribution < 1.29 is 13.2 Å². The van der Waals surface area contributed by atoms with Gasteiger partial charge in [0, 0.05) is 6.20 Å². The lowest BCUT2D eigenvalue weighted by molar-refractivity contribution is -0.137. The summed E-state index contributed by atoms with van der Waals surface area (Å²) < 4.78 is 38.7. The summed E-state index contributed by atoms with van der Waals surface area (Å²) in [6.45, 7) is 0.219. The Morgan fingerprint density at radius 2 is 2.10 bits per heavy atom. The Kier molecular flexibility index (Phi) is 4.34. The van der Waals surface area contributed by atoms with E-state index in [2.05, 4.69) is 15.3 Å². The van der Waals surface area contributed by atoms with Gasteiger partial charge in [0.25, 0.3) is 0 Å². The van der Waals surface area contributed by atoms with E-state index in [1.54, 1.807) is 24.4 Å². The molecule has 0 aliphatic carbocycles. The Morgan fingerprint density at radius 1 is 1.33 bits per heavy atom. The molecule has 2 rings (SSSR count). The molecule has 21 heavy (non-hydrogen) atoms. The monoisotopic (exact) mass is 311 g/mol. The van der Waals surface area contributed by atoms with Crippen LogP contribution in [0, 0.1) is 12.3 Å². The van der Waals surface area contributed by atoms with Gasteiger partial charge in [-0.3, -0.25) is 4.98 Å². The third kappa shape index (κ3) is 3.64. The van der Waals surface area contributed by atoms with Crippen LogP contribution in [0.25, 0.3) is 0 Å². The van der Waals surface area contributed by atoms with Gasteiger partial charge < -0.3 is 5.32 Å². The zero-order valence-corrected chi connectivity index (χ0v) is 11.3. The summed E-state index contributed by atoms with van der Waals surface area (Å²) in [5.41, 5.74) is -0.615. The molecule has 0 saturated carbocycles. The molecule has 0 aliphatic heterocycles. The lowest BCUT2D eigenvalue weighted by Gasteiger charge is -2.13. The van der Waals surface area contributed by atoms with E-state index in [4.69, 9.17) is 18.0 Å². The zero-order chi connectivity index (χ0) is 15.5. The molecule has 0 aliphatic rings. The smallest absolute Gasteiger partial charge is 0.364 e. The molecule has 0 fully saturated rings. The number of rotatable bonds is 3. The number of hydrogen-bond donors (Lipinski definition) is 1. The first-order valence-electron chi connectivity index (χ1n) is 5.80. The summed E-state index contributed by atoms with van der Waals surface area (Å²) in [6, 6.07) is 6.07. The van der Waals surface area contributed by atoms with E-state index in [1.807, 2.05) is 5.92 Å². The van der Waals surface area contributed by atoms with Crippen LogP contribution in [0.15, 0.2) is 30.5 Å². The number of anilines is 1. The van der Waals surface area contributed by atoms with Crippen LogP contribution in [-0.2, 0) is 12.7 Å². The predicted octanol–water partition coefficient (Wildman–Crippen LogP) is 3.74. The van der Waals surface area contributed by atoms with Crippen molar-refractivity contribution in [1.29, 1.82) is 0 Å². The first-order valence-corrected chi connectivity index (χ1v) is 6.17. The summed E-state index contributed by atoms with van der Waals surface area (Å²) in [6.07, 6.45) is 2.11. The second kappa shape index (κ2) is 6.02. The first kappa shape index (κ1) is 15.1. The van der Waals surface area contributed by atoms with Gasteiger partial charge in [0.1, 0.15) is 11.5 Å². The zero-order valence-electron chi connectivity index (χ0n) is 10.6. The Hall–Kier alpha value is -2.26. The second-order valence-electron chi connectivity index (χ2n) is 4.03. The summed E-state index contributed by atoms with van der Waals surface area (Å²) in [5, 5.41) is 2.17. The van der Waals surface area contributed by atoms with Crippen molar-refractivity contribution in [1.82, 2.24) is 9.97 Å². The van der Waals surface area contributed by atoms with E-state index >= 15 is 0 Å². The molecule has 3 nitrogen and oxygen atoms in total. The van der Waals surface area contributed by atoms with Crippen LogP contribution >= 0.6 is 11.6 Å². The maximum atomic E-state index is 12.9. The third-order valence-corrected chi connectivity index (χ3v) is 2.96. The summed E-state index contributed by atoms with van der Waals surface area (Å²) >= 11 is 5.62. The van der Waals surface area contributed by atoms with Gasteiger partial charge in [0.05, 0.1) is 22.8 Å². The molecule has 2 aromatic rings. The van der Waals surface area contributed by atoms with Gasteiger partial charge in [-0.05, 0) is 24.1 Å². The fourth-order valence-electron chi connectivity index (χ4n) is 1.61. The topological polar surface area (TPSA) is 37.8 Å². The highest BCUT2D eigenvalue weighted by Gasteiger charge is 2.35. The Bertz CT molecular complexity index is 678. The average molecular weight is 312 g/mol. The minimum absolute atomic E-state index is 0.00896. The summed E-state index contributed by atoms with van der Waals surface area (Å²) in [7, 11) is 0. The summed E-state index contributed by atoms with van der Waals surface area (Å²) in [5.74, 6) is 2.04. The van der Waals surface area contributed by atoms with Crippen LogP contribution in [0.5, 0.6) is 0 Å². The third-order valence-electron chi connectivity index (χ3n) is 2.58. The fourth-order valence-corrected chi connectivity index (χ4v) is 1.86. The van der Waals surface area contributed by atoms with Crippen LogP contribution in [-0.4, -0.2) is 9.97 Å². The Labute approximate surface area is 124 Å². The molecule has 0 bridgehead atoms. The molecule has 0 saturated heterocycles. The molecule has 0 aromatic carbocycles. The average Bonchev–Trinajstić information content (AvgIpc) is 2.46. The van der Waals surface area contributed by atoms with Gasteiger partial charge in [-0.25, -0.2) is 4.98 Å². The predicted molar refractivity (Wildman–Crippen MR) is 73.7 cm³/mol. The van der Waals surface area contributed by atoms with Crippen molar-refractivity contribution >= 4 is 17.4 Å². The lowest BCUT2D eigenvalue weighted by atomic mass is 10.2. The molecule has 0 spiro atoms. The molecule has 2 aromatic heterocycles. The number of nitrogens with one attached hydrogen (secondary N) is 1. The van der Waals surface area contributed by atoms with Crippen molar-refractivity contribution in [3.8, 4) is 12.3 Å². The van der Waals surface area contributed by atoms with Crippen molar-refractivity contribution in [2.75, 3.05) is 5.32 Å². The van der Waals surface area contributed by atoms with Crippen LogP contribution in [0.4, 0.5) is 19.0 Å². The highest BCUT2D eigenvalue weighted by molar-refractivity contribution is 6.32. The number of nitrogens with zero attached hydrogens (tertiary/aromatic N) is 2. The molecule has 2 heterocycles. The maximum absolute atomic E-state index is 12.9. The minimum atomic E-state index is -4.60. The summed E-state index contributed by atoms with van der Waals surface area (Å²) in [4.78, 5) is 7.92. The van der Waals surface area contributed by atoms with Crippen molar-refractivity contribution in [2.24, 2.45) is 0 Å². The van der Waals surface area contributed by atoms with Crippen molar-refractivity contribution in [3.05, 3.63) is 52.4 Å². The quantitative estimate of drug-likeness (QED) is 0.877. The van der Waals surface area contributed by atoms with E-state index < -0.39 is 16.8 Å². The molecule has 0 radical (unpaired) electrons. The minimum Gasteiger partial charge on any atom is -0.364 e. The first-order chi connectivity index (χ1) is 9.91. The van der Waals surface area contributed by atoms with Gasteiger partial charge in [-0.2, -0.15) is 13.2 Å². The van der Waals surface area contributed by atoms with E-state index in [-0.39, 0.29) is 18.1 Å². The maximum Gasteiger partial charge on any atom is 0.418 e. The van der Waals surface area contributed by atoms with Gasteiger partial charge in [-0.15, -0.1) is 6.42 Å². The van der Waals surface area contributed by atoms with Crippen LogP contribution in [0.3, 0.4) is 0 Å². The highest BCUT2D eigenvalue weighted by atomic mass is 35.5. The highest BCUT2D eigenvalue weighted by Crippen LogP contribution is 2.37. The van der Waals surface area contributed by atoms with Crippen LogP contribution < -0.4 is 5.32 Å². The van der Waals surface area contributed by atoms with Gasteiger partial charge in [0.2, 0.25) is 0 Å². The molecule has 0 unspecified atom stereocenters. The molecule has 1 N–H and O–H groups in total. The largest absolute Gasteiger partial charge is 0.418 e.